The second-order valence-electron chi connectivity index (χ2n) is 8.33. The number of hydrogen-bond donors (Lipinski definition) is 4. The second kappa shape index (κ2) is 10.5. The number of carboxylic acid groups (broad SMARTS) is 1. The Hall–Kier alpha value is -4.16. The highest BCUT2D eigenvalue weighted by Gasteiger charge is 2.54. The third-order valence-corrected chi connectivity index (χ3v) is 7.96. The van der Waals surface area contributed by atoms with E-state index in [0.29, 0.717) is 22.6 Å². The lowest BCUT2D eigenvalue weighted by atomic mass is 10.0. The van der Waals surface area contributed by atoms with Crippen LogP contribution in [0.2, 0.25) is 0 Å². The minimum atomic E-state index is -1.31. The summed E-state index contributed by atoms with van der Waals surface area (Å²) in [6.45, 7) is 0.304. The molecular weight excluding hydrogens is 557 g/mol. The number of β-lactam (4-membered cyclic amide) rings is 1. The molecule has 5 rings (SSSR count). The molecule has 0 radical (unpaired) electrons. The van der Waals surface area contributed by atoms with E-state index in [2.05, 4.69) is 29.7 Å². The van der Waals surface area contributed by atoms with Crippen molar-refractivity contribution in [1.29, 1.82) is 0 Å². The molecule has 2 aliphatic rings. The lowest BCUT2D eigenvalue weighted by Gasteiger charge is -2.49. The first kappa shape index (κ1) is 26.4. The van der Waals surface area contributed by atoms with E-state index < -0.39 is 41.8 Å². The van der Waals surface area contributed by atoms with Gasteiger partial charge in [-0.3, -0.25) is 19.1 Å². The van der Waals surface area contributed by atoms with Gasteiger partial charge in [0.25, 0.3) is 18.7 Å². The number of imidazole rings is 1. The zero-order chi connectivity index (χ0) is 27.8. The summed E-state index contributed by atoms with van der Waals surface area (Å²) in [5.41, 5.74) is 6.58. The van der Waals surface area contributed by atoms with Gasteiger partial charge in [-0.15, -0.1) is 11.8 Å². The van der Waals surface area contributed by atoms with E-state index in [-0.39, 0.29) is 35.7 Å². The number of fused-ring (bicyclic) bond motifs is 2. The summed E-state index contributed by atoms with van der Waals surface area (Å²) in [5, 5.41) is 24.9. The van der Waals surface area contributed by atoms with Crippen LogP contribution in [0.1, 0.15) is 11.6 Å². The molecule has 0 spiro atoms. The van der Waals surface area contributed by atoms with Gasteiger partial charge in [0, 0.05) is 29.8 Å². The van der Waals surface area contributed by atoms with Gasteiger partial charge in [-0.25, -0.2) is 13.8 Å². The molecule has 2 unspecified atom stereocenters. The van der Waals surface area contributed by atoms with Gasteiger partial charge < -0.3 is 26.1 Å². The van der Waals surface area contributed by atoms with Crippen molar-refractivity contribution in [2.24, 2.45) is 5.16 Å². The van der Waals surface area contributed by atoms with Gasteiger partial charge in [-0.2, -0.15) is 9.36 Å². The van der Waals surface area contributed by atoms with E-state index in [4.69, 9.17) is 5.73 Å². The summed E-state index contributed by atoms with van der Waals surface area (Å²) in [4.78, 5) is 52.1. The Morgan fingerprint density at radius 3 is 2.87 bits per heavy atom. The molecule has 18 heteroatoms. The van der Waals surface area contributed by atoms with Crippen LogP contribution in [0.15, 0.2) is 34.8 Å². The topological polar surface area (TPSA) is 202 Å². The molecule has 3 aromatic rings. The van der Waals surface area contributed by atoms with Crippen molar-refractivity contribution >= 4 is 63.1 Å². The Morgan fingerprint density at radius 1 is 1.41 bits per heavy atom. The highest BCUT2D eigenvalue weighted by molar-refractivity contribution is 8.00. The number of halogens is 1. The van der Waals surface area contributed by atoms with Crippen molar-refractivity contribution in [3.05, 3.63) is 41.2 Å². The second-order valence-corrected chi connectivity index (χ2v) is 10.2. The maximum absolute atomic E-state index is 13.1. The van der Waals surface area contributed by atoms with Crippen molar-refractivity contribution in [2.45, 2.75) is 31.6 Å². The van der Waals surface area contributed by atoms with Crippen LogP contribution in [-0.4, -0.2) is 81.5 Å². The maximum Gasteiger partial charge on any atom is 0.352 e. The van der Waals surface area contributed by atoms with Crippen LogP contribution in [0.3, 0.4) is 0 Å². The smallest absolute Gasteiger partial charge is 0.352 e. The largest absolute Gasteiger partial charge is 0.477 e. The third-order valence-electron chi connectivity index (χ3n) is 6.08. The van der Waals surface area contributed by atoms with Gasteiger partial charge in [0.05, 0.1) is 6.20 Å². The number of nitrogens with zero attached hydrogens (tertiary/aromatic N) is 7. The predicted octanol–water partition coefficient (Wildman–Crippen LogP) is -0.898. The van der Waals surface area contributed by atoms with Crippen LogP contribution in [0, 0.1) is 6.92 Å². The number of nitrogen functional groups attached to an aromatic ring is 1. The number of aryl methyl sites for hydroxylation is 1. The molecule has 2 amide bonds. The van der Waals surface area contributed by atoms with E-state index in [0.717, 1.165) is 16.4 Å². The van der Waals surface area contributed by atoms with Gasteiger partial charge in [0.15, 0.2) is 5.13 Å². The number of thioether (sulfide) groups is 1. The number of aliphatic hydroxyl groups excluding tert-OH is 1. The Morgan fingerprint density at radius 2 is 2.21 bits per heavy atom. The van der Waals surface area contributed by atoms with Crippen molar-refractivity contribution in [1.82, 2.24) is 29.1 Å². The fourth-order valence-electron chi connectivity index (χ4n) is 4.38. The molecule has 2 atom stereocenters. The number of rotatable bonds is 9. The van der Waals surface area contributed by atoms with Crippen LogP contribution in [-0.2, 0) is 32.5 Å². The number of amides is 2. The number of aliphatic hydroxyl groups is 1. The number of carboxylic acids is 1. The third kappa shape index (κ3) is 4.66. The molecule has 0 saturated carbocycles. The van der Waals surface area contributed by atoms with E-state index in [1.165, 1.54) is 11.8 Å². The summed E-state index contributed by atoms with van der Waals surface area (Å²) in [6.07, 6.45) is 1.74. The minimum Gasteiger partial charge on any atom is -0.477 e. The standard InChI is InChI=1S/C21H20FN9O6S2/c1-9-24-16-11(30(9)8-32)3-2-4-29(16)5-10-6-38-19-13(18(34)31(19)14(10)20(35)36)25-17(33)12(27-37-7-22)15-26-21(23)39-28-15/h2-4,13,19,32H,5-8H2,1H3,(H3-,23,25,26,28,33,35,36)/p+1/b27-12-. The number of carbonyl (C=O) groups is 3. The number of aromatic nitrogens is 5. The molecule has 0 aliphatic carbocycles. The Kier molecular flexibility index (Phi) is 7.15. The number of anilines is 1. The molecular formula is C21H21FN9O6S2+. The van der Waals surface area contributed by atoms with Crippen LogP contribution >= 0.6 is 23.3 Å². The Balaban J connectivity index is 1.39. The summed E-state index contributed by atoms with van der Waals surface area (Å²) in [7, 11) is 0. The molecule has 15 nitrogen and oxygen atoms in total. The van der Waals surface area contributed by atoms with Gasteiger partial charge >= 0.3 is 11.6 Å². The molecule has 0 aromatic carbocycles. The first-order valence-electron chi connectivity index (χ1n) is 11.3. The van der Waals surface area contributed by atoms with Crippen molar-refractivity contribution in [3.8, 4) is 0 Å². The number of nitrogens with two attached hydrogens (primary N) is 1. The molecule has 39 heavy (non-hydrogen) atoms. The lowest BCUT2D eigenvalue weighted by molar-refractivity contribution is -0.664. The fourth-order valence-corrected chi connectivity index (χ4v) is 6.15. The van der Waals surface area contributed by atoms with E-state index in [9.17, 15) is 29.0 Å². The number of aliphatic carboxylic acids is 1. The molecule has 0 bridgehead atoms. The van der Waals surface area contributed by atoms with Gasteiger partial charge in [-0.05, 0) is 17.1 Å². The molecule has 204 valence electrons. The summed E-state index contributed by atoms with van der Waals surface area (Å²) >= 11 is 2.06. The average molecular weight is 579 g/mol. The predicted molar refractivity (Wildman–Crippen MR) is 134 cm³/mol. The Bertz CT molecular complexity index is 1550. The van der Waals surface area contributed by atoms with Crippen molar-refractivity contribution in [2.75, 3.05) is 18.3 Å². The SMILES string of the molecule is Cc1nc2c(ccc[n+]2CC2=C(C(=O)O)N3C(=O)C(NC(=O)/C(=N\OCF)c4nsc(N)n4)C3SC2)n1CO. The summed E-state index contributed by atoms with van der Waals surface area (Å²) in [5.74, 6) is -2.22. The zero-order valence-electron chi connectivity index (χ0n) is 20.1. The van der Waals surface area contributed by atoms with Crippen LogP contribution in [0.5, 0.6) is 0 Å². The number of nitrogens with one attached hydrogen (secondary N) is 1. The number of alkyl halides is 1. The monoisotopic (exact) mass is 578 g/mol. The van der Waals surface area contributed by atoms with E-state index >= 15 is 0 Å². The molecule has 5 N–H and O–H groups in total. The fraction of sp³-hybridized carbons (Fsp3) is 0.333. The number of carbonyl (C=O) groups excluding carboxylic acids is 2. The van der Waals surface area contributed by atoms with Crippen molar-refractivity contribution in [3.63, 3.8) is 0 Å². The summed E-state index contributed by atoms with van der Waals surface area (Å²) < 4.78 is 19.8. The van der Waals surface area contributed by atoms with Crippen LogP contribution in [0.4, 0.5) is 9.52 Å². The molecule has 1 fully saturated rings. The Labute approximate surface area is 226 Å². The first-order chi connectivity index (χ1) is 18.7. The molecule has 1 saturated heterocycles. The molecule has 5 heterocycles. The lowest BCUT2D eigenvalue weighted by Crippen LogP contribution is -2.71. The van der Waals surface area contributed by atoms with Gasteiger partial charge in [0.2, 0.25) is 17.4 Å². The van der Waals surface area contributed by atoms with E-state index in [1.807, 2.05) is 0 Å². The van der Waals surface area contributed by atoms with Gasteiger partial charge in [0.1, 0.15) is 35.9 Å². The number of oxime groups is 1. The quantitative estimate of drug-likeness (QED) is 0.106. The summed E-state index contributed by atoms with van der Waals surface area (Å²) in [6, 6.07) is 2.47. The normalized spacial score (nSPS) is 19.2. The molecule has 2 aliphatic heterocycles. The maximum atomic E-state index is 13.1. The van der Waals surface area contributed by atoms with E-state index in [1.54, 1.807) is 34.4 Å². The highest BCUT2D eigenvalue weighted by atomic mass is 32.2. The number of hydrogen-bond acceptors (Lipinski definition) is 12. The minimum absolute atomic E-state index is 0.0371. The number of pyridine rings is 1. The van der Waals surface area contributed by atoms with Crippen LogP contribution < -0.4 is 15.6 Å². The van der Waals surface area contributed by atoms with Crippen molar-refractivity contribution < 1.29 is 38.4 Å². The van der Waals surface area contributed by atoms with Gasteiger partial charge in [-0.1, -0.05) is 5.16 Å². The first-order valence-corrected chi connectivity index (χ1v) is 13.1. The average Bonchev–Trinajstić information content (AvgIpc) is 3.49. The highest BCUT2D eigenvalue weighted by Crippen LogP contribution is 2.40. The zero-order valence-corrected chi connectivity index (χ0v) is 21.8. The molecule has 3 aromatic heterocycles. The van der Waals surface area contributed by atoms with Crippen LogP contribution in [0.25, 0.3) is 11.2 Å².